The molecule has 0 atom stereocenters. The Hall–Kier alpha value is -3.03. The number of aromatic nitrogens is 1. The van der Waals surface area contributed by atoms with Crippen LogP contribution < -0.4 is 10.2 Å². The smallest absolute Gasteiger partial charge is 0.267 e. The predicted molar refractivity (Wildman–Crippen MR) is 106 cm³/mol. The number of ether oxygens (including phenoxy) is 1. The molecule has 1 amide bonds. The van der Waals surface area contributed by atoms with E-state index in [1.807, 2.05) is 18.2 Å². The number of hydroxylamine groups is 1. The largest absolute Gasteiger partial charge is 0.486 e. The zero-order valence-corrected chi connectivity index (χ0v) is 16.0. The van der Waals surface area contributed by atoms with Gasteiger partial charge in [-0.1, -0.05) is 12.1 Å². The number of fused-ring (bicyclic) bond motifs is 1. The summed E-state index contributed by atoms with van der Waals surface area (Å²) < 4.78 is 6.32. The zero-order chi connectivity index (χ0) is 20.3. The molecule has 2 N–H and O–H groups in total. The summed E-state index contributed by atoms with van der Waals surface area (Å²) in [5.41, 5.74) is 3.38. The molecule has 1 fully saturated rings. The highest BCUT2D eigenvalue weighted by molar-refractivity contribution is 6.01. The van der Waals surface area contributed by atoms with E-state index in [2.05, 4.69) is 9.88 Å². The molecular weight excluding hydrogens is 370 g/mol. The molecule has 0 radical (unpaired) electrons. The Bertz CT molecular complexity index is 934. The Morgan fingerprint density at radius 2 is 2.10 bits per heavy atom. The van der Waals surface area contributed by atoms with Gasteiger partial charge in [-0.05, 0) is 35.9 Å². The van der Waals surface area contributed by atoms with E-state index in [1.165, 1.54) is 11.6 Å². The van der Waals surface area contributed by atoms with Gasteiger partial charge in [-0.15, -0.1) is 0 Å². The normalized spacial score (nSPS) is 18.4. The van der Waals surface area contributed by atoms with E-state index in [0.717, 1.165) is 38.2 Å². The summed E-state index contributed by atoms with van der Waals surface area (Å²) in [4.78, 5) is 30.7. The molecule has 7 heteroatoms. The van der Waals surface area contributed by atoms with Gasteiger partial charge in [-0.25, -0.2) is 5.48 Å². The van der Waals surface area contributed by atoms with Gasteiger partial charge >= 0.3 is 0 Å². The number of benzene rings is 1. The van der Waals surface area contributed by atoms with Gasteiger partial charge < -0.3 is 4.74 Å². The van der Waals surface area contributed by atoms with E-state index in [9.17, 15) is 9.59 Å². The average Bonchev–Trinajstić information content (AvgIpc) is 2.75. The molecule has 7 nitrogen and oxygen atoms in total. The lowest BCUT2D eigenvalue weighted by atomic mass is 9.82. The Balaban J connectivity index is 1.43. The van der Waals surface area contributed by atoms with E-state index in [0.29, 0.717) is 23.3 Å². The molecule has 0 aliphatic carbocycles. The first-order valence-corrected chi connectivity index (χ1v) is 9.68. The van der Waals surface area contributed by atoms with Gasteiger partial charge in [0, 0.05) is 44.7 Å². The standard InChI is InChI=1S/C22H23N3O4/c26-19-14-22(8-11-25(12-9-22)15-17-3-1-2-10-23-17)29-20-6-4-16(13-18(19)20)5-7-21(27)24-28/h1-7,10,13,28H,8-9,11-12,14-15H2,(H,24,27). The zero-order valence-electron chi connectivity index (χ0n) is 16.0. The van der Waals surface area contributed by atoms with E-state index in [4.69, 9.17) is 9.94 Å². The lowest BCUT2D eigenvalue weighted by molar-refractivity contribution is -0.124. The number of hydrogen-bond donors (Lipinski definition) is 2. The third kappa shape index (κ3) is 4.36. The molecule has 2 aromatic rings. The van der Waals surface area contributed by atoms with Crippen molar-refractivity contribution in [2.75, 3.05) is 13.1 Å². The maximum atomic E-state index is 12.8. The number of carbonyl (C=O) groups excluding carboxylic acids is 2. The van der Waals surface area contributed by atoms with Crippen molar-refractivity contribution in [3.05, 3.63) is 65.5 Å². The number of carbonyl (C=O) groups is 2. The van der Waals surface area contributed by atoms with Gasteiger partial charge in [0.25, 0.3) is 5.91 Å². The third-order valence-corrected chi connectivity index (χ3v) is 5.53. The molecule has 1 aromatic carbocycles. The fourth-order valence-corrected chi connectivity index (χ4v) is 3.94. The van der Waals surface area contributed by atoms with Crippen LogP contribution in [0, 0.1) is 0 Å². The van der Waals surface area contributed by atoms with Crippen molar-refractivity contribution in [3.8, 4) is 5.75 Å². The third-order valence-electron chi connectivity index (χ3n) is 5.53. The van der Waals surface area contributed by atoms with Crippen LogP contribution in [0.4, 0.5) is 0 Å². The van der Waals surface area contributed by atoms with Gasteiger partial charge in [0.05, 0.1) is 17.7 Å². The van der Waals surface area contributed by atoms with Crippen LogP contribution in [-0.4, -0.2) is 45.5 Å². The number of piperidine rings is 1. The van der Waals surface area contributed by atoms with Crippen molar-refractivity contribution in [2.45, 2.75) is 31.4 Å². The van der Waals surface area contributed by atoms with Crippen LogP contribution in [0.2, 0.25) is 0 Å². The molecule has 2 aliphatic heterocycles. The van der Waals surface area contributed by atoms with Crippen molar-refractivity contribution in [3.63, 3.8) is 0 Å². The molecule has 150 valence electrons. The number of Topliss-reactive ketones (excluding diaryl/α,β-unsaturated/α-hetero) is 1. The number of nitrogens with one attached hydrogen (secondary N) is 1. The number of rotatable bonds is 4. The quantitative estimate of drug-likeness (QED) is 0.471. The Kier molecular flexibility index (Phi) is 5.42. The Labute approximate surface area is 169 Å². The van der Waals surface area contributed by atoms with Gasteiger partial charge in [0.15, 0.2) is 5.78 Å². The second kappa shape index (κ2) is 8.14. The predicted octanol–water partition coefficient (Wildman–Crippen LogP) is 2.60. The highest BCUT2D eigenvalue weighted by Gasteiger charge is 2.42. The van der Waals surface area contributed by atoms with E-state index < -0.39 is 11.5 Å². The number of amides is 1. The van der Waals surface area contributed by atoms with Crippen LogP contribution in [0.3, 0.4) is 0 Å². The van der Waals surface area contributed by atoms with Crippen LogP contribution in [0.15, 0.2) is 48.7 Å². The molecule has 1 aromatic heterocycles. The minimum absolute atomic E-state index is 0.0614. The summed E-state index contributed by atoms with van der Waals surface area (Å²) in [5, 5.41) is 8.56. The molecule has 1 saturated heterocycles. The molecule has 0 saturated carbocycles. The van der Waals surface area contributed by atoms with Crippen LogP contribution in [0.5, 0.6) is 5.75 Å². The summed E-state index contributed by atoms with van der Waals surface area (Å²) in [6, 6.07) is 11.2. The van der Waals surface area contributed by atoms with E-state index in [-0.39, 0.29) is 5.78 Å². The molecule has 2 aliphatic rings. The van der Waals surface area contributed by atoms with Crippen molar-refractivity contribution < 1.29 is 19.5 Å². The van der Waals surface area contributed by atoms with Crippen LogP contribution in [-0.2, 0) is 11.3 Å². The van der Waals surface area contributed by atoms with Gasteiger partial charge in [0.1, 0.15) is 11.4 Å². The topological polar surface area (TPSA) is 91.8 Å². The average molecular weight is 393 g/mol. The van der Waals surface area contributed by atoms with Crippen LogP contribution >= 0.6 is 0 Å². The maximum Gasteiger partial charge on any atom is 0.267 e. The molecule has 1 spiro atoms. The first-order valence-electron chi connectivity index (χ1n) is 9.68. The SMILES string of the molecule is O=C(C=Cc1ccc2c(c1)C(=O)CC1(CCN(Cc3ccccn3)CC1)O2)NO. The lowest BCUT2D eigenvalue weighted by Crippen LogP contribution is -2.50. The molecule has 0 bridgehead atoms. The molecule has 0 unspecified atom stereocenters. The minimum atomic E-state index is -0.623. The minimum Gasteiger partial charge on any atom is -0.486 e. The fourth-order valence-electron chi connectivity index (χ4n) is 3.94. The number of nitrogens with zero attached hydrogens (tertiary/aromatic N) is 2. The van der Waals surface area contributed by atoms with E-state index in [1.54, 1.807) is 30.5 Å². The van der Waals surface area contributed by atoms with Crippen LogP contribution in [0.1, 0.15) is 40.9 Å². The highest BCUT2D eigenvalue weighted by Crippen LogP contribution is 2.40. The van der Waals surface area contributed by atoms with Crippen molar-refractivity contribution >= 4 is 17.8 Å². The second-order valence-corrected chi connectivity index (χ2v) is 7.55. The summed E-state index contributed by atoms with van der Waals surface area (Å²) in [6.45, 7) is 2.52. The first-order chi connectivity index (χ1) is 14.1. The lowest BCUT2D eigenvalue weighted by Gasteiger charge is -2.44. The van der Waals surface area contributed by atoms with Crippen molar-refractivity contribution in [1.82, 2.24) is 15.4 Å². The van der Waals surface area contributed by atoms with E-state index >= 15 is 0 Å². The molecule has 3 heterocycles. The second-order valence-electron chi connectivity index (χ2n) is 7.55. The summed E-state index contributed by atoms with van der Waals surface area (Å²) >= 11 is 0. The Morgan fingerprint density at radius 3 is 2.83 bits per heavy atom. The maximum absolute atomic E-state index is 12.8. The summed E-state index contributed by atoms with van der Waals surface area (Å²) in [7, 11) is 0. The summed E-state index contributed by atoms with van der Waals surface area (Å²) in [6.07, 6.45) is 6.50. The highest BCUT2D eigenvalue weighted by atomic mass is 16.5. The first kappa shape index (κ1) is 19.3. The fraction of sp³-hybridized carbons (Fsp3) is 0.318. The molecule has 4 rings (SSSR count). The number of ketones is 1. The molecule has 29 heavy (non-hydrogen) atoms. The van der Waals surface area contributed by atoms with Gasteiger partial charge in [-0.3, -0.25) is 24.7 Å². The Morgan fingerprint density at radius 1 is 1.28 bits per heavy atom. The number of likely N-dealkylation sites (tertiary alicyclic amines) is 1. The monoisotopic (exact) mass is 393 g/mol. The van der Waals surface area contributed by atoms with Crippen LogP contribution in [0.25, 0.3) is 6.08 Å². The summed E-state index contributed by atoms with van der Waals surface area (Å²) in [5.74, 6) is 0.0381. The van der Waals surface area contributed by atoms with Gasteiger partial charge in [0.2, 0.25) is 0 Å². The molecular formula is C22H23N3O4. The van der Waals surface area contributed by atoms with Crippen molar-refractivity contribution in [2.24, 2.45) is 0 Å². The number of hydrogen-bond acceptors (Lipinski definition) is 6. The number of pyridine rings is 1. The van der Waals surface area contributed by atoms with Crippen molar-refractivity contribution in [1.29, 1.82) is 0 Å². The van der Waals surface area contributed by atoms with Gasteiger partial charge in [-0.2, -0.15) is 0 Å².